The molecule has 2 heterocycles. The summed E-state index contributed by atoms with van der Waals surface area (Å²) in [6, 6.07) is 0. The first-order chi connectivity index (χ1) is 5.70. The summed E-state index contributed by atoms with van der Waals surface area (Å²) in [7, 11) is 1.53. The van der Waals surface area contributed by atoms with Gasteiger partial charge in [-0.05, 0) is 15.9 Å². The van der Waals surface area contributed by atoms with Crippen molar-refractivity contribution in [3.05, 3.63) is 21.4 Å². The molecule has 6 nitrogen and oxygen atoms in total. The largest absolute Gasteiger partial charge is 0.352 e. The van der Waals surface area contributed by atoms with Crippen molar-refractivity contribution in [2.75, 3.05) is 0 Å². The van der Waals surface area contributed by atoms with Gasteiger partial charge in [0.05, 0.1) is 0 Å². The number of aromatic nitrogens is 5. The second kappa shape index (κ2) is 2.37. The fourth-order valence-electron chi connectivity index (χ4n) is 0.853. The summed E-state index contributed by atoms with van der Waals surface area (Å²) in [6.07, 6.45) is 1.40. The average molecular weight is 230 g/mol. The van der Waals surface area contributed by atoms with E-state index in [1.165, 1.54) is 17.8 Å². The number of imidazole rings is 1. The number of hydrogen-bond donors (Lipinski definition) is 0. The number of rotatable bonds is 0. The van der Waals surface area contributed by atoms with Crippen molar-refractivity contribution >= 4 is 21.6 Å². The first kappa shape index (κ1) is 7.41. The van der Waals surface area contributed by atoms with E-state index in [-0.39, 0.29) is 5.69 Å². The Morgan fingerprint density at radius 2 is 2.33 bits per heavy atom. The molecule has 2 aromatic rings. The molecular weight excluding hydrogens is 226 g/mol. The van der Waals surface area contributed by atoms with E-state index < -0.39 is 0 Å². The molecule has 2 rings (SSSR count). The van der Waals surface area contributed by atoms with E-state index in [1.807, 2.05) is 0 Å². The van der Waals surface area contributed by atoms with Gasteiger partial charge in [0.25, 0.3) is 0 Å². The van der Waals surface area contributed by atoms with E-state index in [1.54, 1.807) is 0 Å². The minimum absolute atomic E-state index is 0.266. The Bertz CT molecular complexity index is 486. The predicted molar refractivity (Wildman–Crippen MR) is 43.7 cm³/mol. The summed E-state index contributed by atoms with van der Waals surface area (Å²) in [5.41, 5.74) is 0.163. The lowest BCUT2D eigenvalue weighted by Crippen LogP contribution is -2.26. The molecule has 0 aliphatic heterocycles. The van der Waals surface area contributed by atoms with E-state index in [4.69, 9.17) is 0 Å². The Balaban J connectivity index is 3.03. The molecule has 0 aromatic carbocycles. The van der Waals surface area contributed by atoms with Crippen molar-refractivity contribution in [1.82, 2.24) is 24.4 Å². The third-order valence-corrected chi connectivity index (χ3v) is 2.02. The molecule has 0 N–H and O–H groups in total. The third kappa shape index (κ3) is 0.860. The summed E-state index contributed by atoms with van der Waals surface area (Å²) in [6.45, 7) is 0. The van der Waals surface area contributed by atoms with Crippen LogP contribution in [0, 0.1) is 0 Å². The second-order valence-electron chi connectivity index (χ2n) is 2.22. The van der Waals surface area contributed by atoms with Gasteiger partial charge in [0, 0.05) is 7.05 Å². The molecule has 0 saturated carbocycles. The highest BCUT2D eigenvalue weighted by Crippen LogP contribution is 2.09. The first-order valence-electron chi connectivity index (χ1n) is 3.12. The SMILES string of the molecule is Cn1nnc2c(Br)ncn2c1=O. The molecular formula is C5H4BrN5O. The first-order valence-corrected chi connectivity index (χ1v) is 3.92. The van der Waals surface area contributed by atoms with Crippen LogP contribution in [0.3, 0.4) is 0 Å². The smallest absolute Gasteiger partial charge is 0.245 e. The molecule has 12 heavy (non-hydrogen) atoms. The highest BCUT2D eigenvalue weighted by Gasteiger charge is 2.05. The maximum absolute atomic E-state index is 11.3. The summed E-state index contributed by atoms with van der Waals surface area (Å²) < 4.78 is 2.98. The van der Waals surface area contributed by atoms with Gasteiger partial charge < -0.3 is 0 Å². The second-order valence-corrected chi connectivity index (χ2v) is 2.98. The molecule has 0 amide bonds. The lowest BCUT2D eigenvalue weighted by atomic mass is 10.8. The highest BCUT2D eigenvalue weighted by molar-refractivity contribution is 9.10. The molecule has 2 aromatic heterocycles. The van der Waals surface area contributed by atoms with Crippen LogP contribution < -0.4 is 5.69 Å². The van der Waals surface area contributed by atoms with Gasteiger partial charge in [-0.3, -0.25) is 0 Å². The van der Waals surface area contributed by atoms with Gasteiger partial charge in [0.15, 0.2) is 10.3 Å². The third-order valence-electron chi connectivity index (χ3n) is 1.46. The Kier molecular flexibility index (Phi) is 1.47. The molecule has 62 valence electrons. The summed E-state index contributed by atoms with van der Waals surface area (Å²) in [4.78, 5) is 15.2. The average Bonchev–Trinajstić information content (AvgIpc) is 2.41. The molecule has 0 radical (unpaired) electrons. The summed E-state index contributed by atoms with van der Waals surface area (Å²) >= 11 is 3.14. The Morgan fingerprint density at radius 1 is 1.58 bits per heavy atom. The number of hydrogen-bond acceptors (Lipinski definition) is 4. The molecule has 0 fully saturated rings. The van der Waals surface area contributed by atoms with E-state index in [0.717, 1.165) is 4.68 Å². The lowest BCUT2D eigenvalue weighted by Gasteiger charge is -1.93. The molecule has 0 unspecified atom stereocenters. The van der Waals surface area contributed by atoms with E-state index >= 15 is 0 Å². The topological polar surface area (TPSA) is 65.1 Å². The van der Waals surface area contributed by atoms with Crippen molar-refractivity contribution in [3.8, 4) is 0 Å². The highest BCUT2D eigenvalue weighted by atomic mass is 79.9. The number of nitrogens with zero attached hydrogens (tertiary/aromatic N) is 5. The standard InChI is InChI=1S/C5H4BrN5O/c1-10-5(12)11-2-7-3(6)4(11)8-9-10/h2H,1H3. The lowest BCUT2D eigenvalue weighted by molar-refractivity contribution is 0.606. The monoisotopic (exact) mass is 229 g/mol. The zero-order valence-electron chi connectivity index (χ0n) is 6.10. The van der Waals surface area contributed by atoms with E-state index in [9.17, 15) is 4.79 Å². The van der Waals surface area contributed by atoms with E-state index in [2.05, 4.69) is 31.2 Å². The van der Waals surface area contributed by atoms with Crippen molar-refractivity contribution < 1.29 is 0 Å². The fraction of sp³-hybridized carbons (Fsp3) is 0.200. The van der Waals surface area contributed by atoms with Crippen LogP contribution in [-0.2, 0) is 7.05 Å². The van der Waals surface area contributed by atoms with Gasteiger partial charge in [-0.25, -0.2) is 14.2 Å². The molecule has 0 bridgehead atoms. The number of aryl methyl sites for hydroxylation is 1. The zero-order valence-corrected chi connectivity index (χ0v) is 7.69. The normalized spacial score (nSPS) is 10.8. The van der Waals surface area contributed by atoms with Crippen LogP contribution >= 0.6 is 15.9 Å². The Hall–Kier alpha value is -1.24. The van der Waals surface area contributed by atoms with Gasteiger partial charge in [-0.2, -0.15) is 4.68 Å². The quantitative estimate of drug-likeness (QED) is 0.616. The predicted octanol–water partition coefficient (Wildman–Crippen LogP) is -0.415. The van der Waals surface area contributed by atoms with Gasteiger partial charge in [-0.1, -0.05) is 5.21 Å². The van der Waals surface area contributed by atoms with Crippen LogP contribution in [0.1, 0.15) is 0 Å². The van der Waals surface area contributed by atoms with Crippen molar-refractivity contribution in [2.24, 2.45) is 7.05 Å². The fourth-order valence-corrected chi connectivity index (χ4v) is 1.22. The minimum atomic E-state index is -0.266. The van der Waals surface area contributed by atoms with Gasteiger partial charge in [0.1, 0.15) is 6.33 Å². The molecule has 0 aliphatic carbocycles. The van der Waals surface area contributed by atoms with Crippen molar-refractivity contribution in [3.63, 3.8) is 0 Å². The molecule has 0 saturated heterocycles. The van der Waals surface area contributed by atoms with Crippen molar-refractivity contribution in [2.45, 2.75) is 0 Å². The molecule has 0 atom stereocenters. The van der Waals surface area contributed by atoms with Gasteiger partial charge in [0.2, 0.25) is 0 Å². The molecule has 0 spiro atoms. The summed E-state index contributed by atoms with van der Waals surface area (Å²) in [5.74, 6) is 0. The molecule has 0 aliphatic rings. The van der Waals surface area contributed by atoms with Crippen molar-refractivity contribution in [1.29, 1.82) is 0 Å². The van der Waals surface area contributed by atoms with E-state index in [0.29, 0.717) is 10.3 Å². The van der Waals surface area contributed by atoms with Crippen LogP contribution in [0.15, 0.2) is 15.7 Å². The van der Waals surface area contributed by atoms with Crippen LogP contribution in [0.4, 0.5) is 0 Å². The van der Waals surface area contributed by atoms with Gasteiger partial charge >= 0.3 is 5.69 Å². The van der Waals surface area contributed by atoms with Crippen LogP contribution in [0.5, 0.6) is 0 Å². The maximum atomic E-state index is 11.3. The molecule has 7 heteroatoms. The Morgan fingerprint density at radius 3 is 3.08 bits per heavy atom. The summed E-state index contributed by atoms with van der Waals surface area (Å²) in [5, 5.41) is 7.37. The van der Waals surface area contributed by atoms with Crippen LogP contribution in [0.25, 0.3) is 5.65 Å². The van der Waals surface area contributed by atoms with Crippen LogP contribution in [0.2, 0.25) is 0 Å². The number of fused-ring (bicyclic) bond motifs is 1. The Labute approximate surface area is 75.0 Å². The number of halogens is 1. The van der Waals surface area contributed by atoms with Gasteiger partial charge in [-0.15, -0.1) is 5.10 Å². The van der Waals surface area contributed by atoms with Crippen LogP contribution in [-0.4, -0.2) is 24.4 Å². The minimum Gasteiger partial charge on any atom is -0.245 e. The zero-order chi connectivity index (χ0) is 8.72. The maximum Gasteiger partial charge on any atom is 0.352 e.